The smallest absolute Gasteiger partial charge is 0.154 e. The van der Waals surface area contributed by atoms with E-state index in [0.717, 1.165) is 101 Å². The van der Waals surface area contributed by atoms with Crippen molar-refractivity contribution in [2.75, 3.05) is 50.3 Å². The number of aromatic nitrogens is 12. The third-order valence-corrected chi connectivity index (χ3v) is 13.0. The van der Waals surface area contributed by atoms with Gasteiger partial charge in [0, 0.05) is 60.1 Å². The van der Waals surface area contributed by atoms with Gasteiger partial charge in [0.25, 0.3) is 0 Å². The normalized spacial score (nSPS) is 16.2. The van der Waals surface area contributed by atoms with Crippen LogP contribution in [0.4, 0.5) is 17.5 Å². The molecule has 0 unspecified atom stereocenters. The molecule has 10 heterocycles. The molecule has 2 aliphatic heterocycles. The number of rotatable bonds is 14. The first-order valence-corrected chi connectivity index (χ1v) is 24.2. The van der Waals surface area contributed by atoms with Gasteiger partial charge in [0.1, 0.15) is 16.8 Å². The van der Waals surface area contributed by atoms with Crippen LogP contribution in [0.2, 0.25) is 5.15 Å². The number of likely N-dealkylation sites (tertiary alicyclic amines) is 2. The van der Waals surface area contributed by atoms with Gasteiger partial charge in [0.05, 0.1) is 46.9 Å². The lowest BCUT2D eigenvalue weighted by Crippen LogP contribution is -2.21. The van der Waals surface area contributed by atoms with Crippen molar-refractivity contribution in [3.05, 3.63) is 114 Å². The van der Waals surface area contributed by atoms with E-state index in [1.807, 2.05) is 70.7 Å². The summed E-state index contributed by atoms with van der Waals surface area (Å²) < 4.78 is 4.05. The summed E-state index contributed by atoms with van der Waals surface area (Å²) in [6.45, 7) is 9.19. The van der Waals surface area contributed by atoms with Crippen molar-refractivity contribution in [1.29, 1.82) is 0 Å². The molecular formula is C50H57ClN16. The zero-order chi connectivity index (χ0) is 45.4. The zero-order valence-electron chi connectivity index (χ0n) is 37.8. The first-order valence-electron chi connectivity index (χ1n) is 23.8. The molecule has 3 N–H and O–H groups in total. The van der Waals surface area contributed by atoms with Crippen LogP contribution in [0, 0.1) is 0 Å². The number of halogens is 1. The first-order chi connectivity index (χ1) is 32.9. The number of hydrogen-bond acceptors (Lipinski definition) is 14. The molecule has 8 aromatic rings. The number of nitrogens with zero attached hydrogens (tertiary/aromatic N) is 14. The van der Waals surface area contributed by atoms with Crippen molar-refractivity contribution >= 4 is 51.1 Å². The Morgan fingerprint density at radius 1 is 0.537 bits per heavy atom. The summed E-state index contributed by atoms with van der Waals surface area (Å²) in [6.07, 6.45) is 28.1. The Kier molecular flexibility index (Phi) is 13.9. The molecule has 0 bridgehead atoms. The molecule has 2 aliphatic carbocycles. The van der Waals surface area contributed by atoms with Crippen LogP contribution in [-0.2, 0) is 13.1 Å². The zero-order valence-corrected chi connectivity index (χ0v) is 38.6. The minimum absolute atomic E-state index is 0.485. The molecule has 0 aromatic carbocycles. The van der Waals surface area contributed by atoms with Crippen LogP contribution >= 0.6 is 11.6 Å². The Hall–Kier alpha value is -6.49. The van der Waals surface area contributed by atoms with Gasteiger partial charge in [-0.1, -0.05) is 11.6 Å². The standard InChI is InChI=1S/C25H28N8.C18H20ClN5.C7H9N3/c1-2-9-32(8-1)10-3-11-33-17-21(16-28-33)19-12-23-22(26-14-19)6-7-24(29-23)30-25-13-20(15-27-31-25)18-4-5-18;19-18-5-4-16-17(22-18)10-14(11-20-16)15-12-21-24(13-15)9-3-8-23-6-1-2-7-23;8-7-3-6(4-9-10-7)5-1-2-5/h6-7,12-18H,1-5,8-11H2,(H,29,30,31);4-5,10-13H,1-3,6-9H2;3-5H,1-2H2,(H2,8,10). The molecule has 4 aliphatic rings. The highest BCUT2D eigenvalue weighted by molar-refractivity contribution is 6.29. The van der Waals surface area contributed by atoms with Crippen molar-refractivity contribution in [2.24, 2.45) is 0 Å². The third kappa shape index (κ3) is 12.1. The number of anilines is 3. The number of hydrogen-bond donors (Lipinski definition) is 2. The minimum atomic E-state index is 0.485. The maximum atomic E-state index is 5.97. The van der Waals surface area contributed by atoms with E-state index in [9.17, 15) is 0 Å². The van der Waals surface area contributed by atoms with Crippen LogP contribution in [-0.4, -0.2) is 109 Å². The molecule has 344 valence electrons. The highest BCUT2D eigenvalue weighted by Gasteiger charge is 2.25. The Bertz CT molecular complexity index is 2900. The molecule has 8 aromatic heterocycles. The van der Waals surface area contributed by atoms with E-state index in [4.69, 9.17) is 22.3 Å². The lowest BCUT2D eigenvalue weighted by Gasteiger charge is -2.13. The van der Waals surface area contributed by atoms with Crippen molar-refractivity contribution in [1.82, 2.24) is 69.7 Å². The van der Waals surface area contributed by atoms with Gasteiger partial charge in [-0.3, -0.25) is 19.3 Å². The highest BCUT2D eigenvalue weighted by atomic mass is 35.5. The van der Waals surface area contributed by atoms with E-state index in [2.05, 4.69) is 85.2 Å². The number of nitrogens with two attached hydrogens (primary N) is 1. The molecular weight excluding hydrogens is 860 g/mol. The highest BCUT2D eigenvalue weighted by Crippen LogP contribution is 2.41. The molecule has 12 rings (SSSR count). The predicted octanol–water partition coefficient (Wildman–Crippen LogP) is 8.96. The third-order valence-electron chi connectivity index (χ3n) is 12.8. The maximum absolute atomic E-state index is 5.97. The first kappa shape index (κ1) is 44.4. The Morgan fingerprint density at radius 2 is 1.07 bits per heavy atom. The molecule has 0 amide bonds. The van der Waals surface area contributed by atoms with Gasteiger partial charge in [-0.05, 0) is 175 Å². The van der Waals surface area contributed by atoms with E-state index in [0.29, 0.717) is 16.9 Å². The average Bonchev–Trinajstić information content (AvgIpc) is 4.09. The average molecular weight is 918 g/mol. The number of fused-ring (bicyclic) bond motifs is 2. The van der Waals surface area contributed by atoms with Crippen molar-refractivity contribution in [3.8, 4) is 22.3 Å². The summed E-state index contributed by atoms with van der Waals surface area (Å²) in [5, 5.41) is 28.6. The fourth-order valence-corrected chi connectivity index (χ4v) is 8.98. The number of nitrogen functional groups attached to an aromatic ring is 1. The van der Waals surface area contributed by atoms with E-state index in [-0.39, 0.29) is 0 Å². The fraction of sp³-hybridized carbons (Fsp3) is 0.400. The maximum Gasteiger partial charge on any atom is 0.154 e. The largest absolute Gasteiger partial charge is 0.382 e. The van der Waals surface area contributed by atoms with Gasteiger partial charge in [-0.25, -0.2) is 9.97 Å². The van der Waals surface area contributed by atoms with Gasteiger partial charge < -0.3 is 20.9 Å². The van der Waals surface area contributed by atoms with E-state index in [1.165, 1.54) is 88.7 Å². The molecule has 2 saturated heterocycles. The Labute approximate surface area is 395 Å². The second-order valence-electron chi connectivity index (χ2n) is 18.1. The summed E-state index contributed by atoms with van der Waals surface area (Å²) in [4.78, 5) is 23.3. The van der Waals surface area contributed by atoms with E-state index in [1.54, 1.807) is 12.3 Å². The van der Waals surface area contributed by atoms with Gasteiger partial charge >= 0.3 is 0 Å². The Balaban J connectivity index is 0.000000134. The topological polar surface area (TPSA) is 183 Å². The molecule has 67 heavy (non-hydrogen) atoms. The van der Waals surface area contributed by atoms with Crippen LogP contribution in [0.1, 0.15) is 87.2 Å². The summed E-state index contributed by atoms with van der Waals surface area (Å²) in [7, 11) is 0. The fourth-order valence-electron chi connectivity index (χ4n) is 8.82. The molecule has 0 radical (unpaired) electrons. The van der Waals surface area contributed by atoms with Crippen LogP contribution in [0.15, 0.2) is 98.1 Å². The monoisotopic (exact) mass is 916 g/mol. The van der Waals surface area contributed by atoms with Crippen molar-refractivity contribution in [3.63, 3.8) is 0 Å². The van der Waals surface area contributed by atoms with Gasteiger partial charge in [-0.2, -0.15) is 20.4 Å². The van der Waals surface area contributed by atoms with Gasteiger partial charge in [-0.15, -0.1) is 10.2 Å². The minimum Gasteiger partial charge on any atom is -0.382 e. The summed E-state index contributed by atoms with van der Waals surface area (Å²) in [5.74, 6) is 3.35. The second-order valence-corrected chi connectivity index (χ2v) is 18.5. The van der Waals surface area contributed by atoms with Crippen LogP contribution in [0.25, 0.3) is 44.3 Å². The summed E-state index contributed by atoms with van der Waals surface area (Å²) in [6, 6.07) is 15.6. The van der Waals surface area contributed by atoms with Crippen molar-refractivity contribution in [2.45, 2.75) is 89.1 Å². The molecule has 4 fully saturated rings. The predicted molar refractivity (Wildman–Crippen MR) is 263 cm³/mol. The molecule has 17 heteroatoms. The quantitative estimate of drug-likeness (QED) is 0.0986. The Morgan fingerprint density at radius 3 is 1.64 bits per heavy atom. The van der Waals surface area contributed by atoms with Crippen molar-refractivity contribution < 1.29 is 0 Å². The second kappa shape index (κ2) is 21.0. The van der Waals surface area contributed by atoms with Crippen LogP contribution in [0.3, 0.4) is 0 Å². The lowest BCUT2D eigenvalue weighted by molar-refractivity contribution is 0.322. The number of pyridine rings is 4. The lowest BCUT2D eigenvalue weighted by atomic mass is 10.1. The molecule has 0 atom stereocenters. The summed E-state index contributed by atoms with van der Waals surface area (Å²) in [5.41, 5.74) is 15.5. The van der Waals surface area contributed by atoms with Gasteiger partial charge in [0.2, 0.25) is 0 Å². The molecule has 0 spiro atoms. The van der Waals surface area contributed by atoms with Crippen LogP contribution in [0.5, 0.6) is 0 Å². The van der Waals surface area contributed by atoms with E-state index < -0.39 is 0 Å². The number of aryl methyl sites for hydroxylation is 2. The molecule has 2 saturated carbocycles. The summed E-state index contributed by atoms with van der Waals surface area (Å²) >= 11 is 5.97. The molecule has 16 nitrogen and oxygen atoms in total. The number of nitrogens with one attached hydrogen (secondary N) is 1. The van der Waals surface area contributed by atoms with Crippen LogP contribution < -0.4 is 11.1 Å². The van der Waals surface area contributed by atoms with Gasteiger partial charge in [0.15, 0.2) is 5.82 Å². The SMILES string of the molecule is Clc1ccc2ncc(-c3cnn(CCCN4CCCC4)c3)cc2n1.Nc1cc(C2CC2)cnn1.c1nc2ccc(Nc3cc(C4CC4)cnn3)nc2cc1-c1cnn(CCCN2CCCC2)c1. The van der Waals surface area contributed by atoms with E-state index >= 15 is 0 Å².